The Hall–Kier alpha value is -1.26. The lowest BCUT2D eigenvalue weighted by atomic mass is 10.2. The van der Waals surface area contributed by atoms with Gasteiger partial charge in [-0.05, 0) is 0 Å². The molecule has 2 aromatic rings. The highest BCUT2D eigenvalue weighted by atomic mass is 35.5. The van der Waals surface area contributed by atoms with Crippen molar-refractivity contribution < 1.29 is 0 Å². The molecule has 1 aliphatic heterocycles. The monoisotopic (exact) mass is 291 g/mol. The van der Waals surface area contributed by atoms with Crippen LogP contribution in [0.5, 0.6) is 0 Å². The van der Waals surface area contributed by atoms with Gasteiger partial charge in [0.2, 0.25) is 0 Å². The normalized spacial score (nSPS) is 15.5. The third-order valence-electron chi connectivity index (χ3n) is 3.05. The van der Waals surface area contributed by atoms with E-state index in [1.54, 1.807) is 0 Å². The van der Waals surface area contributed by atoms with E-state index in [1.165, 1.54) is 0 Å². The van der Waals surface area contributed by atoms with Gasteiger partial charge < -0.3 is 4.90 Å². The number of rotatable bonds is 2. The Labute approximate surface area is 122 Å². The fraction of sp³-hybridized carbons (Fsp3) is 0.286. The van der Waals surface area contributed by atoms with Crippen LogP contribution in [0.25, 0.3) is 11.4 Å². The summed E-state index contributed by atoms with van der Waals surface area (Å²) < 4.78 is 0. The van der Waals surface area contributed by atoms with Crippen LogP contribution < -0.4 is 4.90 Å². The molecule has 2 heterocycles. The average Bonchev–Trinajstić information content (AvgIpc) is 2.48. The van der Waals surface area contributed by atoms with Crippen molar-refractivity contribution >= 4 is 29.2 Å². The van der Waals surface area contributed by atoms with Crippen LogP contribution in [-0.4, -0.2) is 34.6 Å². The lowest BCUT2D eigenvalue weighted by Crippen LogP contribution is -2.33. The fourth-order valence-corrected chi connectivity index (χ4v) is 3.16. The summed E-state index contributed by atoms with van der Waals surface area (Å²) in [6.45, 7) is 2.04. The summed E-state index contributed by atoms with van der Waals surface area (Å²) in [5, 5.41) is 0.502. The molecule has 0 N–H and O–H groups in total. The quantitative estimate of drug-likeness (QED) is 0.794. The van der Waals surface area contributed by atoms with E-state index in [9.17, 15) is 0 Å². The van der Waals surface area contributed by atoms with Gasteiger partial charge in [0.15, 0.2) is 5.82 Å². The molecule has 0 amide bonds. The number of nitrogens with zero attached hydrogens (tertiary/aromatic N) is 3. The van der Waals surface area contributed by atoms with Crippen molar-refractivity contribution in [2.24, 2.45) is 0 Å². The first-order valence-electron chi connectivity index (χ1n) is 6.25. The molecule has 3 nitrogen and oxygen atoms in total. The maximum Gasteiger partial charge on any atom is 0.163 e. The van der Waals surface area contributed by atoms with Crippen molar-refractivity contribution in [3.63, 3.8) is 0 Å². The summed E-state index contributed by atoms with van der Waals surface area (Å²) in [5.41, 5.74) is 0.998. The molecular formula is C14H14ClN3S. The number of thioether (sulfide) groups is 1. The van der Waals surface area contributed by atoms with Crippen LogP contribution in [0.4, 0.5) is 5.82 Å². The Balaban J connectivity index is 1.96. The zero-order valence-corrected chi connectivity index (χ0v) is 12.0. The Kier molecular flexibility index (Phi) is 3.89. The molecular weight excluding hydrogens is 278 g/mol. The van der Waals surface area contributed by atoms with Crippen LogP contribution in [0.2, 0.25) is 5.15 Å². The summed E-state index contributed by atoms with van der Waals surface area (Å²) in [4.78, 5) is 11.2. The highest BCUT2D eigenvalue weighted by molar-refractivity contribution is 7.99. The predicted octanol–water partition coefficient (Wildman–Crippen LogP) is 3.35. The van der Waals surface area contributed by atoms with Crippen LogP contribution in [0.1, 0.15) is 0 Å². The smallest absolute Gasteiger partial charge is 0.163 e. The van der Waals surface area contributed by atoms with Crippen molar-refractivity contribution in [1.29, 1.82) is 0 Å². The molecule has 0 bridgehead atoms. The van der Waals surface area contributed by atoms with Crippen molar-refractivity contribution in [1.82, 2.24) is 9.97 Å². The van der Waals surface area contributed by atoms with Gasteiger partial charge in [0, 0.05) is 36.2 Å². The molecule has 0 unspecified atom stereocenters. The molecule has 0 saturated carbocycles. The molecule has 1 saturated heterocycles. The number of aromatic nitrogens is 2. The van der Waals surface area contributed by atoms with E-state index in [0.29, 0.717) is 11.0 Å². The van der Waals surface area contributed by atoms with Gasteiger partial charge in [-0.25, -0.2) is 9.97 Å². The number of benzene rings is 1. The van der Waals surface area contributed by atoms with Crippen molar-refractivity contribution in [3.05, 3.63) is 41.6 Å². The third-order valence-corrected chi connectivity index (χ3v) is 4.18. The molecule has 98 valence electrons. The van der Waals surface area contributed by atoms with E-state index < -0.39 is 0 Å². The standard InChI is InChI=1S/C14H14ClN3S/c15-12-10-13(18-6-8-19-9-7-18)17-14(16-12)11-4-2-1-3-5-11/h1-5,10H,6-9H2. The topological polar surface area (TPSA) is 29.0 Å². The molecule has 5 heteroatoms. The highest BCUT2D eigenvalue weighted by Crippen LogP contribution is 2.24. The average molecular weight is 292 g/mol. The molecule has 0 spiro atoms. The predicted molar refractivity (Wildman–Crippen MR) is 82.0 cm³/mol. The zero-order chi connectivity index (χ0) is 13.1. The third kappa shape index (κ3) is 3.01. The second-order valence-electron chi connectivity index (χ2n) is 4.34. The lowest BCUT2D eigenvalue weighted by Gasteiger charge is -2.27. The van der Waals surface area contributed by atoms with E-state index in [-0.39, 0.29) is 0 Å². The molecule has 1 fully saturated rings. The fourth-order valence-electron chi connectivity index (χ4n) is 2.08. The molecule has 1 aliphatic rings. The molecule has 0 atom stereocenters. The maximum absolute atomic E-state index is 6.14. The molecule has 0 radical (unpaired) electrons. The van der Waals surface area contributed by atoms with E-state index in [0.717, 1.165) is 36.0 Å². The Bertz CT molecular complexity index is 556. The number of anilines is 1. The number of hydrogen-bond acceptors (Lipinski definition) is 4. The largest absolute Gasteiger partial charge is 0.355 e. The SMILES string of the molecule is Clc1cc(N2CCSCC2)nc(-c2ccccc2)n1. The van der Waals surface area contributed by atoms with E-state index in [2.05, 4.69) is 14.9 Å². The first kappa shape index (κ1) is 12.8. The van der Waals surface area contributed by atoms with Gasteiger partial charge in [0.05, 0.1) is 0 Å². The van der Waals surface area contributed by atoms with Gasteiger partial charge >= 0.3 is 0 Å². The van der Waals surface area contributed by atoms with Crippen LogP contribution in [0.15, 0.2) is 36.4 Å². The van der Waals surface area contributed by atoms with Gasteiger partial charge in [0.1, 0.15) is 11.0 Å². The van der Waals surface area contributed by atoms with Gasteiger partial charge in [-0.15, -0.1) is 0 Å². The van der Waals surface area contributed by atoms with Gasteiger partial charge in [-0.3, -0.25) is 0 Å². The Morgan fingerprint density at radius 2 is 1.79 bits per heavy atom. The van der Waals surface area contributed by atoms with Crippen molar-refractivity contribution in [3.8, 4) is 11.4 Å². The zero-order valence-electron chi connectivity index (χ0n) is 10.4. The highest BCUT2D eigenvalue weighted by Gasteiger charge is 2.14. The van der Waals surface area contributed by atoms with Gasteiger partial charge in [-0.1, -0.05) is 41.9 Å². The molecule has 0 aliphatic carbocycles. The minimum absolute atomic E-state index is 0.502. The van der Waals surface area contributed by atoms with Crippen molar-refractivity contribution in [2.75, 3.05) is 29.5 Å². The molecule has 3 rings (SSSR count). The maximum atomic E-state index is 6.14. The van der Waals surface area contributed by atoms with Crippen LogP contribution >= 0.6 is 23.4 Å². The van der Waals surface area contributed by atoms with E-state index in [1.807, 2.05) is 48.2 Å². The summed E-state index contributed by atoms with van der Waals surface area (Å²) in [6.07, 6.45) is 0. The summed E-state index contributed by atoms with van der Waals surface area (Å²) in [6, 6.07) is 11.8. The summed E-state index contributed by atoms with van der Waals surface area (Å²) in [5.74, 6) is 3.91. The lowest BCUT2D eigenvalue weighted by molar-refractivity contribution is 0.836. The molecule has 1 aromatic heterocycles. The number of halogens is 1. The summed E-state index contributed by atoms with van der Waals surface area (Å²) in [7, 11) is 0. The Morgan fingerprint density at radius 3 is 2.53 bits per heavy atom. The number of hydrogen-bond donors (Lipinski definition) is 0. The van der Waals surface area contributed by atoms with Gasteiger partial charge in [0.25, 0.3) is 0 Å². The first-order chi connectivity index (χ1) is 9.33. The summed E-state index contributed by atoms with van der Waals surface area (Å²) >= 11 is 8.12. The van der Waals surface area contributed by atoms with E-state index >= 15 is 0 Å². The van der Waals surface area contributed by atoms with Crippen LogP contribution in [0, 0.1) is 0 Å². The molecule has 1 aromatic carbocycles. The first-order valence-corrected chi connectivity index (χ1v) is 7.79. The van der Waals surface area contributed by atoms with Gasteiger partial charge in [-0.2, -0.15) is 11.8 Å². The van der Waals surface area contributed by atoms with Crippen LogP contribution in [-0.2, 0) is 0 Å². The second kappa shape index (κ2) is 5.80. The van der Waals surface area contributed by atoms with Crippen LogP contribution in [0.3, 0.4) is 0 Å². The minimum Gasteiger partial charge on any atom is -0.355 e. The minimum atomic E-state index is 0.502. The van der Waals surface area contributed by atoms with E-state index in [4.69, 9.17) is 11.6 Å². The Morgan fingerprint density at radius 1 is 1.05 bits per heavy atom. The van der Waals surface area contributed by atoms with Crippen molar-refractivity contribution in [2.45, 2.75) is 0 Å². The molecule has 19 heavy (non-hydrogen) atoms. The second-order valence-corrected chi connectivity index (χ2v) is 5.95.